The van der Waals surface area contributed by atoms with Gasteiger partial charge in [0.05, 0.1) is 0 Å². The summed E-state index contributed by atoms with van der Waals surface area (Å²) in [6, 6.07) is 10.3. The highest BCUT2D eigenvalue weighted by Crippen LogP contribution is 2.41. The van der Waals surface area contributed by atoms with E-state index in [-0.39, 0.29) is 0 Å². The third-order valence-electron chi connectivity index (χ3n) is 5.32. The first-order valence-electron chi connectivity index (χ1n) is 8.44. The average molecular weight is 284 g/mol. The van der Waals surface area contributed by atoms with Crippen molar-refractivity contribution < 1.29 is 4.79 Å². The lowest BCUT2D eigenvalue weighted by molar-refractivity contribution is -0.127. The van der Waals surface area contributed by atoms with Gasteiger partial charge in [-0.05, 0) is 43.2 Å². The maximum atomic E-state index is 11.8. The molecule has 2 aliphatic carbocycles. The molecule has 0 bridgehead atoms. The van der Waals surface area contributed by atoms with Crippen LogP contribution in [0.15, 0.2) is 24.3 Å². The van der Waals surface area contributed by atoms with Crippen LogP contribution in [0.5, 0.6) is 0 Å². The number of carbonyl (C=O) groups is 1. The second-order valence-corrected chi connectivity index (χ2v) is 6.71. The predicted molar refractivity (Wildman–Crippen MR) is 83.0 cm³/mol. The smallest absolute Gasteiger partial charge is 0.222 e. The lowest BCUT2D eigenvalue weighted by atomic mass is 10.1. The Bertz CT molecular complexity index is 538. The van der Waals surface area contributed by atoms with E-state index in [1.54, 1.807) is 0 Å². The molecule has 3 aliphatic rings. The quantitative estimate of drug-likeness (QED) is 0.830. The van der Waals surface area contributed by atoms with Crippen LogP contribution >= 0.6 is 0 Å². The van der Waals surface area contributed by atoms with Crippen molar-refractivity contribution in [2.45, 2.75) is 50.6 Å². The van der Waals surface area contributed by atoms with Gasteiger partial charge in [-0.2, -0.15) is 0 Å². The molecule has 1 amide bonds. The van der Waals surface area contributed by atoms with Crippen molar-refractivity contribution in [1.29, 1.82) is 0 Å². The number of nitrogens with zero attached hydrogens (tertiary/aromatic N) is 2. The minimum absolute atomic E-state index is 0.359. The maximum absolute atomic E-state index is 11.8. The summed E-state index contributed by atoms with van der Waals surface area (Å²) in [5.41, 5.74) is 3.07. The highest BCUT2D eigenvalue weighted by atomic mass is 16.2. The Morgan fingerprint density at radius 2 is 2.00 bits per heavy atom. The Morgan fingerprint density at radius 1 is 1.14 bits per heavy atom. The third kappa shape index (κ3) is 2.59. The summed E-state index contributed by atoms with van der Waals surface area (Å²) in [6.45, 7) is 2.95. The standard InChI is InChI=1S/C18H24N2O/c21-18-6-3-11-19(18)12-13-20(15-8-9-15)17-10-7-14-4-1-2-5-16(14)17/h1-2,4-5,15,17H,3,6-13H2/t17-/m1/s1. The predicted octanol–water partition coefficient (Wildman–Crippen LogP) is 2.76. The molecule has 3 nitrogen and oxygen atoms in total. The molecular weight excluding hydrogens is 260 g/mol. The van der Waals surface area contributed by atoms with E-state index in [9.17, 15) is 4.79 Å². The zero-order chi connectivity index (χ0) is 14.2. The van der Waals surface area contributed by atoms with Gasteiger partial charge in [-0.3, -0.25) is 9.69 Å². The van der Waals surface area contributed by atoms with Crippen LogP contribution in [0.3, 0.4) is 0 Å². The number of amides is 1. The molecule has 0 N–H and O–H groups in total. The van der Waals surface area contributed by atoms with Crippen molar-refractivity contribution in [3.05, 3.63) is 35.4 Å². The second kappa shape index (κ2) is 5.45. The summed E-state index contributed by atoms with van der Waals surface area (Å²) in [6.07, 6.45) is 6.96. The van der Waals surface area contributed by atoms with Crippen molar-refractivity contribution in [2.24, 2.45) is 0 Å². The molecule has 21 heavy (non-hydrogen) atoms. The molecule has 1 saturated heterocycles. The molecule has 4 rings (SSSR count). The first-order chi connectivity index (χ1) is 10.3. The number of hydrogen-bond acceptors (Lipinski definition) is 2. The summed E-state index contributed by atoms with van der Waals surface area (Å²) >= 11 is 0. The van der Waals surface area contributed by atoms with Crippen LogP contribution in [0.1, 0.15) is 49.3 Å². The van der Waals surface area contributed by atoms with Crippen molar-refractivity contribution in [1.82, 2.24) is 9.80 Å². The Morgan fingerprint density at radius 3 is 2.76 bits per heavy atom. The van der Waals surface area contributed by atoms with Gasteiger partial charge in [-0.15, -0.1) is 0 Å². The fraction of sp³-hybridized carbons (Fsp3) is 0.611. The molecule has 1 saturated carbocycles. The topological polar surface area (TPSA) is 23.6 Å². The molecule has 112 valence electrons. The molecule has 1 aromatic carbocycles. The summed E-state index contributed by atoms with van der Waals surface area (Å²) in [5.74, 6) is 0.359. The molecule has 0 radical (unpaired) electrons. The fourth-order valence-corrected chi connectivity index (χ4v) is 4.05. The number of aryl methyl sites for hydroxylation is 1. The molecule has 0 unspecified atom stereocenters. The van der Waals surface area contributed by atoms with Gasteiger partial charge in [0.1, 0.15) is 0 Å². The van der Waals surface area contributed by atoms with Gasteiger partial charge >= 0.3 is 0 Å². The van der Waals surface area contributed by atoms with E-state index in [1.807, 2.05) is 0 Å². The third-order valence-corrected chi connectivity index (χ3v) is 5.32. The summed E-state index contributed by atoms with van der Waals surface area (Å²) in [7, 11) is 0. The number of fused-ring (bicyclic) bond motifs is 1. The molecular formula is C18H24N2O. The Hall–Kier alpha value is -1.35. The SMILES string of the molecule is O=C1CCCN1CCN(C1CC1)[C@@H]1CCc2ccccc21. The van der Waals surface area contributed by atoms with E-state index in [4.69, 9.17) is 0 Å². The Labute approximate surface area is 126 Å². The zero-order valence-electron chi connectivity index (χ0n) is 12.6. The van der Waals surface area contributed by atoms with Gasteiger partial charge in [-0.25, -0.2) is 0 Å². The number of rotatable bonds is 5. The normalized spacial score (nSPS) is 24.9. The monoisotopic (exact) mass is 284 g/mol. The molecule has 3 heteroatoms. The first kappa shape index (κ1) is 13.3. The van der Waals surface area contributed by atoms with E-state index in [2.05, 4.69) is 34.1 Å². The van der Waals surface area contributed by atoms with Crippen LogP contribution in [0.4, 0.5) is 0 Å². The molecule has 1 aliphatic heterocycles. The minimum Gasteiger partial charge on any atom is -0.341 e. The highest BCUT2D eigenvalue weighted by Gasteiger charge is 2.37. The summed E-state index contributed by atoms with van der Waals surface area (Å²) in [5, 5.41) is 0. The highest BCUT2D eigenvalue weighted by molar-refractivity contribution is 5.78. The van der Waals surface area contributed by atoms with Crippen LogP contribution in [-0.2, 0) is 11.2 Å². The van der Waals surface area contributed by atoms with Crippen molar-refractivity contribution in [3.8, 4) is 0 Å². The second-order valence-electron chi connectivity index (χ2n) is 6.71. The lowest BCUT2D eigenvalue weighted by Crippen LogP contribution is -2.38. The number of likely N-dealkylation sites (tertiary alicyclic amines) is 1. The van der Waals surface area contributed by atoms with Crippen LogP contribution in [-0.4, -0.2) is 41.4 Å². The Balaban J connectivity index is 1.47. The zero-order valence-corrected chi connectivity index (χ0v) is 12.6. The lowest BCUT2D eigenvalue weighted by Gasteiger charge is -2.31. The maximum Gasteiger partial charge on any atom is 0.222 e. The van der Waals surface area contributed by atoms with E-state index in [0.717, 1.165) is 38.5 Å². The number of carbonyl (C=O) groups excluding carboxylic acids is 1. The number of benzene rings is 1. The molecule has 0 spiro atoms. The molecule has 2 fully saturated rings. The molecule has 1 aromatic rings. The summed E-state index contributed by atoms with van der Waals surface area (Å²) in [4.78, 5) is 16.6. The van der Waals surface area contributed by atoms with Crippen LogP contribution < -0.4 is 0 Å². The van der Waals surface area contributed by atoms with Crippen LogP contribution in [0, 0.1) is 0 Å². The van der Waals surface area contributed by atoms with Crippen molar-refractivity contribution in [2.75, 3.05) is 19.6 Å². The molecule has 1 atom stereocenters. The van der Waals surface area contributed by atoms with Gasteiger partial charge in [0.2, 0.25) is 5.91 Å². The molecule has 0 aromatic heterocycles. The van der Waals surface area contributed by atoms with E-state index < -0.39 is 0 Å². The van der Waals surface area contributed by atoms with Gasteiger partial charge in [0, 0.05) is 38.1 Å². The van der Waals surface area contributed by atoms with Gasteiger partial charge in [0.15, 0.2) is 0 Å². The summed E-state index contributed by atoms with van der Waals surface area (Å²) < 4.78 is 0. The first-order valence-corrected chi connectivity index (χ1v) is 8.44. The van der Waals surface area contributed by atoms with Gasteiger partial charge in [0.25, 0.3) is 0 Å². The van der Waals surface area contributed by atoms with Crippen molar-refractivity contribution in [3.63, 3.8) is 0 Å². The van der Waals surface area contributed by atoms with E-state index >= 15 is 0 Å². The van der Waals surface area contributed by atoms with E-state index in [0.29, 0.717) is 11.9 Å². The van der Waals surface area contributed by atoms with E-state index in [1.165, 1.54) is 36.8 Å². The van der Waals surface area contributed by atoms with Gasteiger partial charge < -0.3 is 4.90 Å². The van der Waals surface area contributed by atoms with Crippen molar-refractivity contribution >= 4 is 5.91 Å². The fourth-order valence-electron chi connectivity index (χ4n) is 4.05. The number of hydrogen-bond donors (Lipinski definition) is 0. The average Bonchev–Trinajstić information content (AvgIpc) is 3.13. The minimum atomic E-state index is 0.359. The Kier molecular flexibility index (Phi) is 3.46. The van der Waals surface area contributed by atoms with Gasteiger partial charge in [-0.1, -0.05) is 24.3 Å². The van der Waals surface area contributed by atoms with Crippen LogP contribution in [0.2, 0.25) is 0 Å². The molecule has 1 heterocycles. The van der Waals surface area contributed by atoms with Crippen LogP contribution in [0.25, 0.3) is 0 Å². The largest absolute Gasteiger partial charge is 0.341 e.